The smallest absolute Gasteiger partial charge is 0.324 e. The predicted octanol–water partition coefficient (Wildman–Crippen LogP) is 2.36. The van der Waals surface area contributed by atoms with Crippen LogP contribution in [0.15, 0.2) is 0 Å². The number of ether oxygens (including phenoxy) is 1. The minimum atomic E-state index is -3.14. The zero-order valence-corrected chi connectivity index (χ0v) is 6.32. The molecular formula is C7H11F3O. The van der Waals surface area contributed by atoms with E-state index in [2.05, 4.69) is 4.74 Å². The highest BCUT2D eigenvalue weighted by atomic mass is 19.3. The quantitative estimate of drug-likeness (QED) is 0.615. The molecule has 1 saturated carbocycles. The third-order valence-corrected chi connectivity index (χ3v) is 2.12. The number of hydrogen-bond donors (Lipinski definition) is 0. The van der Waals surface area contributed by atoms with Crippen molar-refractivity contribution in [3.8, 4) is 0 Å². The lowest BCUT2D eigenvalue weighted by molar-refractivity contribution is -0.255. The molecule has 4 heteroatoms. The van der Waals surface area contributed by atoms with Crippen molar-refractivity contribution in [2.45, 2.75) is 31.5 Å². The second-order valence-corrected chi connectivity index (χ2v) is 2.87. The van der Waals surface area contributed by atoms with Crippen LogP contribution in [0.3, 0.4) is 0 Å². The molecule has 0 radical (unpaired) electrons. The van der Waals surface area contributed by atoms with Crippen LogP contribution in [0.1, 0.15) is 19.3 Å². The SMILES string of the molecule is COC(F)(F)C1CCC(F)C1. The second kappa shape index (κ2) is 3.01. The van der Waals surface area contributed by atoms with Crippen LogP contribution >= 0.6 is 0 Å². The lowest BCUT2D eigenvalue weighted by Gasteiger charge is -2.20. The summed E-state index contributed by atoms with van der Waals surface area (Å²) in [5.74, 6) is -0.928. The van der Waals surface area contributed by atoms with Crippen LogP contribution in [0, 0.1) is 5.92 Å². The van der Waals surface area contributed by atoms with Crippen molar-refractivity contribution in [2.24, 2.45) is 5.92 Å². The number of rotatable bonds is 2. The number of hydrogen-bond acceptors (Lipinski definition) is 1. The van der Waals surface area contributed by atoms with E-state index in [-0.39, 0.29) is 19.3 Å². The molecule has 1 aliphatic rings. The maximum absolute atomic E-state index is 12.6. The zero-order valence-electron chi connectivity index (χ0n) is 6.32. The van der Waals surface area contributed by atoms with Gasteiger partial charge in [-0.15, -0.1) is 0 Å². The first-order chi connectivity index (χ1) is 5.06. The fraction of sp³-hybridized carbons (Fsp3) is 1.00. The van der Waals surface area contributed by atoms with Crippen LogP contribution in [0.2, 0.25) is 0 Å². The van der Waals surface area contributed by atoms with Crippen LogP contribution in [-0.2, 0) is 4.74 Å². The molecule has 0 aromatic heterocycles. The van der Waals surface area contributed by atoms with E-state index in [9.17, 15) is 13.2 Å². The molecule has 66 valence electrons. The van der Waals surface area contributed by atoms with Gasteiger partial charge in [0.15, 0.2) is 0 Å². The van der Waals surface area contributed by atoms with Gasteiger partial charge in [0.25, 0.3) is 0 Å². The van der Waals surface area contributed by atoms with Gasteiger partial charge in [0, 0.05) is 7.11 Å². The van der Waals surface area contributed by atoms with Gasteiger partial charge in [-0.25, -0.2) is 4.39 Å². The standard InChI is InChI=1S/C7H11F3O/c1-11-7(9,10)5-2-3-6(8)4-5/h5-6H,2-4H2,1H3. The van der Waals surface area contributed by atoms with Crippen LogP contribution in [-0.4, -0.2) is 19.4 Å². The van der Waals surface area contributed by atoms with Crippen molar-refractivity contribution in [1.82, 2.24) is 0 Å². The highest BCUT2D eigenvalue weighted by Crippen LogP contribution is 2.39. The Balaban J connectivity index is 2.48. The van der Waals surface area contributed by atoms with E-state index in [0.29, 0.717) is 0 Å². The zero-order chi connectivity index (χ0) is 8.48. The maximum atomic E-state index is 12.6. The van der Waals surface area contributed by atoms with E-state index >= 15 is 0 Å². The molecule has 0 saturated heterocycles. The molecule has 0 aliphatic heterocycles. The van der Waals surface area contributed by atoms with Crippen molar-refractivity contribution < 1.29 is 17.9 Å². The third-order valence-electron chi connectivity index (χ3n) is 2.12. The second-order valence-electron chi connectivity index (χ2n) is 2.87. The Morgan fingerprint density at radius 2 is 2.00 bits per heavy atom. The highest BCUT2D eigenvalue weighted by Gasteiger charge is 2.44. The van der Waals surface area contributed by atoms with Crippen molar-refractivity contribution in [3.05, 3.63) is 0 Å². The first-order valence-electron chi connectivity index (χ1n) is 3.63. The average Bonchev–Trinajstić information content (AvgIpc) is 2.36. The van der Waals surface area contributed by atoms with E-state index in [4.69, 9.17) is 0 Å². The van der Waals surface area contributed by atoms with E-state index in [0.717, 1.165) is 7.11 Å². The Labute approximate surface area is 63.5 Å². The summed E-state index contributed by atoms with van der Waals surface area (Å²) in [7, 11) is 0.950. The minimum absolute atomic E-state index is 0.0686. The fourth-order valence-corrected chi connectivity index (χ4v) is 1.40. The topological polar surface area (TPSA) is 9.23 Å². The number of halogens is 3. The third kappa shape index (κ3) is 1.86. The summed E-state index contributed by atoms with van der Waals surface area (Å²) < 4.78 is 41.7. The van der Waals surface area contributed by atoms with Crippen molar-refractivity contribution >= 4 is 0 Å². The minimum Gasteiger partial charge on any atom is -0.324 e. The average molecular weight is 168 g/mol. The van der Waals surface area contributed by atoms with Gasteiger partial charge in [0.05, 0.1) is 5.92 Å². The molecule has 1 fully saturated rings. The summed E-state index contributed by atoms with van der Waals surface area (Å²) in [6.07, 6.45) is -3.81. The summed E-state index contributed by atoms with van der Waals surface area (Å²) in [5.41, 5.74) is 0. The van der Waals surface area contributed by atoms with Gasteiger partial charge in [0.1, 0.15) is 6.17 Å². The molecule has 0 amide bonds. The van der Waals surface area contributed by atoms with Gasteiger partial charge >= 0.3 is 6.11 Å². The largest absolute Gasteiger partial charge is 0.358 e. The molecule has 1 rings (SSSR count). The van der Waals surface area contributed by atoms with Crippen LogP contribution in [0.5, 0.6) is 0 Å². The van der Waals surface area contributed by atoms with Gasteiger partial charge in [-0.1, -0.05) is 0 Å². The van der Waals surface area contributed by atoms with Gasteiger partial charge < -0.3 is 4.74 Å². The van der Waals surface area contributed by atoms with Crippen LogP contribution in [0.25, 0.3) is 0 Å². The summed E-state index contributed by atoms with van der Waals surface area (Å²) in [6, 6.07) is 0. The van der Waals surface area contributed by atoms with Crippen LogP contribution in [0.4, 0.5) is 13.2 Å². The van der Waals surface area contributed by atoms with Crippen LogP contribution < -0.4 is 0 Å². The highest BCUT2D eigenvalue weighted by molar-refractivity contribution is 4.80. The molecule has 0 heterocycles. The van der Waals surface area contributed by atoms with Gasteiger partial charge in [-0.2, -0.15) is 8.78 Å². The first kappa shape index (κ1) is 8.84. The molecule has 2 atom stereocenters. The van der Waals surface area contributed by atoms with Crippen molar-refractivity contribution in [3.63, 3.8) is 0 Å². The summed E-state index contributed by atoms with van der Waals surface area (Å²) >= 11 is 0. The molecule has 1 nitrogen and oxygen atoms in total. The molecule has 0 spiro atoms. The summed E-state index contributed by atoms with van der Waals surface area (Å²) in [4.78, 5) is 0. The lowest BCUT2D eigenvalue weighted by Crippen LogP contribution is -2.28. The van der Waals surface area contributed by atoms with Crippen molar-refractivity contribution in [2.75, 3.05) is 7.11 Å². The van der Waals surface area contributed by atoms with Gasteiger partial charge in [-0.3, -0.25) is 0 Å². The Bertz CT molecular complexity index is 138. The monoisotopic (exact) mass is 168 g/mol. The molecule has 0 bridgehead atoms. The number of alkyl halides is 3. The molecular weight excluding hydrogens is 157 g/mol. The summed E-state index contributed by atoms with van der Waals surface area (Å²) in [5, 5.41) is 0. The maximum Gasteiger partial charge on any atom is 0.358 e. The molecule has 1 aliphatic carbocycles. The molecule has 11 heavy (non-hydrogen) atoms. The lowest BCUT2D eigenvalue weighted by atomic mass is 10.1. The molecule has 0 aromatic carbocycles. The Hall–Kier alpha value is -0.250. The Kier molecular flexibility index (Phi) is 2.42. The molecule has 0 aromatic rings. The van der Waals surface area contributed by atoms with Crippen molar-refractivity contribution in [1.29, 1.82) is 0 Å². The predicted molar refractivity (Wildman–Crippen MR) is 34.2 cm³/mol. The van der Waals surface area contributed by atoms with E-state index in [1.54, 1.807) is 0 Å². The van der Waals surface area contributed by atoms with E-state index in [1.807, 2.05) is 0 Å². The molecule has 2 unspecified atom stereocenters. The van der Waals surface area contributed by atoms with Gasteiger partial charge in [-0.05, 0) is 19.3 Å². The Morgan fingerprint density at radius 1 is 1.36 bits per heavy atom. The van der Waals surface area contributed by atoms with E-state index < -0.39 is 18.2 Å². The fourth-order valence-electron chi connectivity index (χ4n) is 1.40. The molecule has 0 N–H and O–H groups in total. The number of methoxy groups -OCH3 is 1. The van der Waals surface area contributed by atoms with Gasteiger partial charge in [0.2, 0.25) is 0 Å². The Morgan fingerprint density at radius 3 is 2.36 bits per heavy atom. The normalized spacial score (nSPS) is 32.7. The summed E-state index contributed by atoms with van der Waals surface area (Å²) in [6.45, 7) is 0. The first-order valence-corrected chi connectivity index (χ1v) is 3.63. The van der Waals surface area contributed by atoms with E-state index in [1.165, 1.54) is 0 Å².